The molecule has 0 spiro atoms. The Labute approximate surface area is 138 Å². The van der Waals surface area contributed by atoms with Crippen LogP contribution in [0.5, 0.6) is 0 Å². The summed E-state index contributed by atoms with van der Waals surface area (Å²) in [4.78, 5) is 11.5. The Morgan fingerprint density at radius 1 is 1.21 bits per heavy atom. The van der Waals surface area contributed by atoms with E-state index in [4.69, 9.17) is 0 Å². The summed E-state index contributed by atoms with van der Waals surface area (Å²) in [5.74, 6) is 0.514. The van der Waals surface area contributed by atoms with Crippen molar-refractivity contribution in [3.05, 3.63) is 65.4 Å². The number of carbonyl (C=O) groups is 1. The van der Waals surface area contributed by atoms with E-state index in [0.717, 1.165) is 29.3 Å². The van der Waals surface area contributed by atoms with Crippen molar-refractivity contribution in [1.82, 2.24) is 25.2 Å². The van der Waals surface area contributed by atoms with E-state index >= 15 is 0 Å². The quantitative estimate of drug-likeness (QED) is 0.587. The van der Waals surface area contributed by atoms with Gasteiger partial charge in [0.25, 0.3) is 0 Å². The predicted octanol–water partition coefficient (Wildman–Crippen LogP) is 2.99. The van der Waals surface area contributed by atoms with E-state index in [1.807, 2.05) is 36.5 Å². The van der Waals surface area contributed by atoms with E-state index < -0.39 is 0 Å². The highest BCUT2D eigenvalue weighted by Gasteiger charge is 2.12. The molecule has 0 saturated carbocycles. The van der Waals surface area contributed by atoms with Crippen LogP contribution in [0.25, 0.3) is 22.3 Å². The molecule has 6 heteroatoms. The lowest BCUT2D eigenvalue weighted by molar-refractivity contribution is 0.112. The number of nitrogens with one attached hydrogen (secondary N) is 1. The number of carbonyl (C=O) groups excluding carboxylic acids is 1. The van der Waals surface area contributed by atoms with Crippen LogP contribution < -0.4 is 0 Å². The molecule has 0 aliphatic heterocycles. The van der Waals surface area contributed by atoms with Gasteiger partial charge in [-0.2, -0.15) is 5.21 Å². The van der Waals surface area contributed by atoms with Gasteiger partial charge < -0.3 is 4.57 Å². The maximum absolute atomic E-state index is 11.5. The first-order chi connectivity index (χ1) is 11.8. The van der Waals surface area contributed by atoms with Crippen LogP contribution in [0.1, 0.15) is 21.5 Å². The van der Waals surface area contributed by atoms with Crippen LogP contribution in [-0.2, 0) is 6.54 Å². The number of aldehydes is 1. The maximum Gasteiger partial charge on any atom is 0.204 e. The second-order valence-electron chi connectivity index (χ2n) is 5.72. The summed E-state index contributed by atoms with van der Waals surface area (Å²) >= 11 is 0. The van der Waals surface area contributed by atoms with Gasteiger partial charge in [-0.3, -0.25) is 4.79 Å². The van der Waals surface area contributed by atoms with Crippen LogP contribution in [0.2, 0.25) is 0 Å². The number of hydrogen-bond donors (Lipinski definition) is 1. The maximum atomic E-state index is 11.5. The summed E-state index contributed by atoms with van der Waals surface area (Å²) in [7, 11) is 0. The van der Waals surface area contributed by atoms with Crippen LogP contribution in [0.4, 0.5) is 0 Å². The second kappa shape index (κ2) is 5.73. The van der Waals surface area contributed by atoms with Crippen molar-refractivity contribution in [1.29, 1.82) is 0 Å². The smallest absolute Gasteiger partial charge is 0.204 e. The Hall–Kier alpha value is -3.28. The summed E-state index contributed by atoms with van der Waals surface area (Å²) in [5, 5.41) is 14.9. The Kier molecular flexibility index (Phi) is 3.42. The van der Waals surface area contributed by atoms with Gasteiger partial charge in [0.2, 0.25) is 5.82 Å². The largest absolute Gasteiger partial charge is 0.342 e. The highest BCUT2D eigenvalue weighted by Crippen LogP contribution is 2.26. The van der Waals surface area contributed by atoms with Crippen LogP contribution in [-0.4, -0.2) is 31.5 Å². The van der Waals surface area contributed by atoms with Crippen molar-refractivity contribution in [3.63, 3.8) is 0 Å². The molecule has 1 N–H and O–H groups in total. The Balaban J connectivity index is 1.83. The van der Waals surface area contributed by atoms with Crippen molar-refractivity contribution in [3.8, 4) is 11.4 Å². The zero-order valence-corrected chi connectivity index (χ0v) is 13.1. The summed E-state index contributed by atoms with van der Waals surface area (Å²) in [6.07, 6.45) is 2.78. The van der Waals surface area contributed by atoms with Gasteiger partial charge in [-0.05, 0) is 41.5 Å². The molecule has 2 aromatic carbocycles. The Morgan fingerprint density at radius 3 is 2.83 bits per heavy atom. The number of fused-ring (bicyclic) bond motifs is 1. The molecular formula is C18H15N5O. The molecule has 4 rings (SSSR count). The molecule has 0 bridgehead atoms. The Morgan fingerprint density at radius 2 is 2.08 bits per heavy atom. The van der Waals surface area contributed by atoms with E-state index in [9.17, 15) is 4.79 Å². The summed E-state index contributed by atoms with van der Waals surface area (Å²) < 4.78 is 2.10. The molecule has 0 amide bonds. The van der Waals surface area contributed by atoms with Crippen molar-refractivity contribution in [2.75, 3.05) is 0 Å². The molecule has 6 nitrogen and oxygen atoms in total. The van der Waals surface area contributed by atoms with E-state index in [2.05, 4.69) is 44.2 Å². The fraction of sp³-hybridized carbons (Fsp3) is 0.111. The number of hydrogen-bond acceptors (Lipinski definition) is 4. The highest BCUT2D eigenvalue weighted by atomic mass is 16.1. The number of H-pyrrole nitrogens is 1. The average molecular weight is 317 g/mol. The minimum Gasteiger partial charge on any atom is -0.342 e. The first kappa shape index (κ1) is 14.3. The van der Waals surface area contributed by atoms with Crippen LogP contribution >= 0.6 is 0 Å². The molecule has 4 aromatic rings. The van der Waals surface area contributed by atoms with Crippen LogP contribution in [0.3, 0.4) is 0 Å². The normalized spacial score (nSPS) is 11.0. The number of nitrogens with zero attached hydrogens (tertiary/aromatic N) is 4. The van der Waals surface area contributed by atoms with Gasteiger partial charge in [-0.15, -0.1) is 10.2 Å². The van der Waals surface area contributed by atoms with E-state index in [1.165, 1.54) is 11.1 Å². The molecule has 2 heterocycles. The van der Waals surface area contributed by atoms with Gasteiger partial charge in [0.15, 0.2) is 6.29 Å². The van der Waals surface area contributed by atoms with E-state index in [0.29, 0.717) is 11.4 Å². The number of aromatic nitrogens is 5. The number of aryl methyl sites for hydroxylation is 1. The summed E-state index contributed by atoms with van der Waals surface area (Å²) in [6, 6.07) is 14.1. The lowest BCUT2D eigenvalue weighted by Crippen LogP contribution is -1.99. The second-order valence-corrected chi connectivity index (χ2v) is 5.72. The zero-order valence-electron chi connectivity index (χ0n) is 13.1. The minimum atomic E-state index is 0.514. The fourth-order valence-electron chi connectivity index (χ4n) is 2.94. The minimum absolute atomic E-state index is 0.514. The summed E-state index contributed by atoms with van der Waals surface area (Å²) in [6.45, 7) is 2.81. The molecule has 0 fully saturated rings. The van der Waals surface area contributed by atoms with Gasteiger partial charge in [0.05, 0.1) is 0 Å². The molecular weight excluding hydrogens is 302 g/mol. The molecule has 0 aliphatic rings. The van der Waals surface area contributed by atoms with Crippen LogP contribution in [0, 0.1) is 6.92 Å². The van der Waals surface area contributed by atoms with Crippen molar-refractivity contribution in [2.45, 2.75) is 13.5 Å². The molecule has 118 valence electrons. The highest BCUT2D eigenvalue weighted by molar-refractivity contribution is 5.99. The number of aromatic amines is 1. The third-order valence-corrected chi connectivity index (χ3v) is 4.24. The monoisotopic (exact) mass is 317 g/mol. The van der Waals surface area contributed by atoms with E-state index in [-0.39, 0.29) is 0 Å². The lowest BCUT2D eigenvalue weighted by Gasteiger charge is -2.08. The summed E-state index contributed by atoms with van der Waals surface area (Å²) in [5.41, 5.74) is 4.95. The number of tetrazole rings is 1. The third-order valence-electron chi connectivity index (χ3n) is 4.24. The van der Waals surface area contributed by atoms with Gasteiger partial charge in [0, 0.05) is 34.8 Å². The third kappa shape index (κ3) is 2.38. The number of benzene rings is 2. The van der Waals surface area contributed by atoms with Gasteiger partial charge >= 0.3 is 0 Å². The first-order valence-electron chi connectivity index (χ1n) is 7.62. The Bertz CT molecular complexity index is 1020. The molecule has 0 saturated heterocycles. The standard InChI is InChI=1S/C18H15N5O/c1-12-4-2-3-5-14(12)9-23-10-15(11-24)16-8-13(6-7-17(16)23)18-19-21-22-20-18/h2-8,10-11H,9H2,1H3,(H,19,20,21,22). The number of rotatable bonds is 4. The van der Waals surface area contributed by atoms with Gasteiger partial charge in [0.1, 0.15) is 0 Å². The molecule has 24 heavy (non-hydrogen) atoms. The fourth-order valence-corrected chi connectivity index (χ4v) is 2.94. The molecule has 0 atom stereocenters. The molecule has 0 radical (unpaired) electrons. The SMILES string of the molecule is Cc1ccccc1Cn1cc(C=O)c2cc(-c3nn[nH]n3)ccc21. The van der Waals surface area contributed by atoms with Crippen molar-refractivity contribution in [2.24, 2.45) is 0 Å². The van der Waals surface area contributed by atoms with Gasteiger partial charge in [-0.25, -0.2) is 0 Å². The van der Waals surface area contributed by atoms with E-state index in [1.54, 1.807) is 0 Å². The van der Waals surface area contributed by atoms with Crippen LogP contribution in [0.15, 0.2) is 48.7 Å². The zero-order chi connectivity index (χ0) is 16.5. The van der Waals surface area contributed by atoms with Crippen molar-refractivity contribution < 1.29 is 4.79 Å². The first-order valence-corrected chi connectivity index (χ1v) is 7.62. The topological polar surface area (TPSA) is 76.5 Å². The molecule has 2 aromatic heterocycles. The predicted molar refractivity (Wildman–Crippen MR) is 90.8 cm³/mol. The molecule has 0 aliphatic carbocycles. The average Bonchev–Trinajstić information content (AvgIpc) is 3.25. The lowest BCUT2D eigenvalue weighted by atomic mass is 10.1. The van der Waals surface area contributed by atoms with Gasteiger partial charge in [-0.1, -0.05) is 24.3 Å². The molecule has 0 unspecified atom stereocenters. The van der Waals surface area contributed by atoms with Crippen molar-refractivity contribution >= 4 is 17.2 Å².